The van der Waals surface area contributed by atoms with Gasteiger partial charge < -0.3 is 0 Å². The van der Waals surface area contributed by atoms with E-state index in [4.69, 9.17) is 23.2 Å². The van der Waals surface area contributed by atoms with Crippen molar-refractivity contribution in [3.63, 3.8) is 0 Å². The second-order valence-corrected chi connectivity index (χ2v) is 4.86. The molecule has 15 heavy (non-hydrogen) atoms. The van der Waals surface area contributed by atoms with E-state index >= 15 is 0 Å². The molecule has 0 radical (unpaired) electrons. The summed E-state index contributed by atoms with van der Waals surface area (Å²) in [6.07, 6.45) is 0.759. The maximum atomic E-state index is 6.04. The summed E-state index contributed by atoms with van der Waals surface area (Å²) in [6.45, 7) is 1.99. The van der Waals surface area contributed by atoms with Crippen molar-refractivity contribution in [2.75, 3.05) is 0 Å². The summed E-state index contributed by atoms with van der Waals surface area (Å²) >= 11 is 13.4. The standard InChI is InChI=1S/C10H8Cl2N2S/c1-2-9-13-7(5-8(11)14-9)6-3-4-15-10(6)12/h3-5H,2H2,1H3. The van der Waals surface area contributed by atoms with Gasteiger partial charge in [0.25, 0.3) is 0 Å². The molecule has 2 aromatic rings. The number of halogens is 2. The van der Waals surface area contributed by atoms with Gasteiger partial charge in [0.1, 0.15) is 15.3 Å². The van der Waals surface area contributed by atoms with Gasteiger partial charge in [0, 0.05) is 18.1 Å². The molecule has 0 aliphatic heterocycles. The lowest BCUT2D eigenvalue weighted by Gasteiger charge is -2.02. The van der Waals surface area contributed by atoms with Gasteiger partial charge in [-0.1, -0.05) is 30.1 Å². The Balaban J connectivity index is 2.53. The number of aryl methyl sites for hydroxylation is 1. The minimum Gasteiger partial charge on any atom is -0.233 e. The maximum Gasteiger partial charge on any atom is 0.133 e. The summed E-state index contributed by atoms with van der Waals surface area (Å²) in [5.41, 5.74) is 1.71. The first-order valence-electron chi connectivity index (χ1n) is 4.47. The molecule has 0 bridgehead atoms. The molecular formula is C10H8Cl2N2S. The molecule has 0 aliphatic carbocycles. The summed E-state index contributed by atoms with van der Waals surface area (Å²) in [6, 6.07) is 3.67. The lowest BCUT2D eigenvalue weighted by atomic mass is 10.2. The number of aromatic nitrogens is 2. The van der Waals surface area contributed by atoms with Gasteiger partial charge in [-0.15, -0.1) is 11.3 Å². The zero-order valence-corrected chi connectivity index (χ0v) is 10.3. The molecule has 0 fully saturated rings. The Kier molecular flexibility index (Phi) is 3.24. The molecule has 0 saturated heterocycles. The van der Waals surface area contributed by atoms with Crippen LogP contribution in [0.2, 0.25) is 9.49 Å². The van der Waals surface area contributed by atoms with E-state index in [1.54, 1.807) is 6.07 Å². The van der Waals surface area contributed by atoms with Gasteiger partial charge in [-0.05, 0) is 11.4 Å². The van der Waals surface area contributed by atoms with Crippen molar-refractivity contribution in [2.45, 2.75) is 13.3 Å². The van der Waals surface area contributed by atoms with Crippen LogP contribution < -0.4 is 0 Å². The molecule has 0 aliphatic rings. The van der Waals surface area contributed by atoms with Crippen molar-refractivity contribution in [1.29, 1.82) is 0 Å². The molecule has 2 heterocycles. The summed E-state index contributed by atoms with van der Waals surface area (Å²) in [4.78, 5) is 8.49. The lowest BCUT2D eigenvalue weighted by Crippen LogP contribution is -1.94. The van der Waals surface area contributed by atoms with Crippen molar-refractivity contribution in [3.8, 4) is 11.3 Å². The number of rotatable bonds is 2. The zero-order valence-electron chi connectivity index (χ0n) is 8.00. The highest BCUT2D eigenvalue weighted by atomic mass is 35.5. The summed E-state index contributed by atoms with van der Waals surface area (Å²) < 4.78 is 0.729. The Hall–Kier alpha value is -0.640. The van der Waals surface area contributed by atoms with Crippen LogP contribution >= 0.6 is 34.5 Å². The fourth-order valence-electron chi connectivity index (χ4n) is 1.24. The van der Waals surface area contributed by atoms with Gasteiger partial charge >= 0.3 is 0 Å². The van der Waals surface area contributed by atoms with Gasteiger partial charge in [0.05, 0.1) is 5.69 Å². The van der Waals surface area contributed by atoms with Crippen molar-refractivity contribution in [1.82, 2.24) is 9.97 Å². The van der Waals surface area contributed by atoms with Crippen molar-refractivity contribution >= 4 is 34.5 Å². The highest BCUT2D eigenvalue weighted by Crippen LogP contribution is 2.32. The Bertz CT molecular complexity index is 482. The first kappa shape index (κ1) is 10.9. The highest BCUT2D eigenvalue weighted by molar-refractivity contribution is 7.15. The average molecular weight is 259 g/mol. The molecule has 0 amide bonds. The molecule has 0 unspecified atom stereocenters. The summed E-state index contributed by atoms with van der Waals surface area (Å²) in [5.74, 6) is 0.736. The molecule has 0 saturated carbocycles. The molecule has 2 rings (SSSR count). The second kappa shape index (κ2) is 4.47. The minimum absolute atomic E-state index is 0.458. The van der Waals surface area contributed by atoms with Crippen molar-refractivity contribution in [3.05, 3.63) is 32.8 Å². The van der Waals surface area contributed by atoms with Gasteiger partial charge in [0.15, 0.2) is 0 Å². The molecule has 0 spiro atoms. The van der Waals surface area contributed by atoms with E-state index in [0.29, 0.717) is 5.15 Å². The minimum atomic E-state index is 0.458. The number of thiophene rings is 1. The maximum absolute atomic E-state index is 6.04. The Morgan fingerprint density at radius 1 is 1.33 bits per heavy atom. The molecule has 2 aromatic heterocycles. The second-order valence-electron chi connectivity index (χ2n) is 2.95. The van der Waals surface area contributed by atoms with Crippen LogP contribution in [-0.2, 0) is 6.42 Å². The third kappa shape index (κ3) is 2.30. The molecule has 5 heteroatoms. The van der Waals surface area contributed by atoms with E-state index in [0.717, 1.165) is 27.8 Å². The highest BCUT2D eigenvalue weighted by Gasteiger charge is 2.08. The van der Waals surface area contributed by atoms with E-state index in [1.165, 1.54) is 11.3 Å². The van der Waals surface area contributed by atoms with Crippen LogP contribution in [0.15, 0.2) is 17.5 Å². The first-order valence-corrected chi connectivity index (χ1v) is 6.11. The molecular weight excluding hydrogens is 251 g/mol. The van der Waals surface area contributed by atoms with Gasteiger partial charge in [-0.3, -0.25) is 0 Å². The van der Waals surface area contributed by atoms with E-state index in [-0.39, 0.29) is 0 Å². The SMILES string of the molecule is CCc1nc(Cl)cc(-c2ccsc2Cl)n1. The lowest BCUT2D eigenvalue weighted by molar-refractivity contribution is 0.944. The number of hydrogen-bond acceptors (Lipinski definition) is 3. The van der Waals surface area contributed by atoms with Crippen LogP contribution in [0, 0.1) is 0 Å². The van der Waals surface area contributed by atoms with Crippen LogP contribution in [0.5, 0.6) is 0 Å². The fourth-order valence-corrected chi connectivity index (χ4v) is 2.38. The normalized spacial score (nSPS) is 10.6. The Morgan fingerprint density at radius 2 is 2.13 bits per heavy atom. The summed E-state index contributed by atoms with van der Waals surface area (Å²) in [5, 5.41) is 2.39. The predicted molar refractivity (Wildman–Crippen MR) is 64.7 cm³/mol. The van der Waals surface area contributed by atoms with Crippen LogP contribution in [0.1, 0.15) is 12.7 Å². The van der Waals surface area contributed by atoms with Crippen molar-refractivity contribution in [2.24, 2.45) is 0 Å². The van der Waals surface area contributed by atoms with E-state index < -0.39 is 0 Å². The smallest absolute Gasteiger partial charge is 0.133 e. The van der Waals surface area contributed by atoms with Crippen LogP contribution in [0.4, 0.5) is 0 Å². The third-order valence-electron chi connectivity index (χ3n) is 1.95. The van der Waals surface area contributed by atoms with Crippen molar-refractivity contribution < 1.29 is 0 Å². The van der Waals surface area contributed by atoms with Crippen LogP contribution in [0.25, 0.3) is 11.3 Å². The average Bonchev–Trinajstić information content (AvgIpc) is 2.63. The third-order valence-corrected chi connectivity index (χ3v) is 3.31. The van der Waals surface area contributed by atoms with E-state index in [9.17, 15) is 0 Å². The van der Waals surface area contributed by atoms with Crippen LogP contribution in [-0.4, -0.2) is 9.97 Å². The zero-order chi connectivity index (χ0) is 10.8. The Morgan fingerprint density at radius 3 is 2.73 bits per heavy atom. The molecule has 78 valence electrons. The quantitative estimate of drug-likeness (QED) is 0.759. The monoisotopic (exact) mass is 258 g/mol. The predicted octanol–water partition coefficient (Wildman–Crippen LogP) is 4.07. The summed E-state index contributed by atoms with van der Waals surface area (Å²) in [7, 11) is 0. The topological polar surface area (TPSA) is 25.8 Å². The molecule has 0 aromatic carbocycles. The number of nitrogens with zero attached hydrogens (tertiary/aromatic N) is 2. The molecule has 0 N–H and O–H groups in total. The van der Waals surface area contributed by atoms with Gasteiger partial charge in [-0.2, -0.15) is 0 Å². The molecule has 2 nitrogen and oxygen atoms in total. The van der Waals surface area contributed by atoms with Crippen LogP contribution in [0.3, 0.4) is 0 Å². The van der Waals surface area contributed by atoms with Gasteiger partial charge in [-0.25, -0.2) is 9.97 Å². The fraction of sp³-hybridized carbons (Fsp3) is 0.200. The largest absolute Gasteiger partial charge is 0.233 e. The Labute approximate surface area is 102 Å². The van der Waals surface area contributed by atoms with E-state index in [2.05, 4.69) is 9.97 Å². The first-order chi connectivity index (χ1) is 7.20. The number of hydrogen-bond donors (Lipinski definition) is 0. The van der Waals surface area contributed by atoms with Gasteiger partial charge in [0.2, 0.25) is 0 Å². The van der Waals surface area contributed by atoms with E-state index in [1.807, 2.05) is 18.4 Å². The molecule has 0 atom stereocenters.